The zero-order chi connectivity index (χ0) is 15.5. The van der Waals surface area contributed by atoms with Crippen LogP contribution in [0.4, 0.5) is 0 Å². The van der Waals surface area contributed by atoms with Crippen LogP contribution in [-0.2, 0) is 6.42 Å². The minimum absolute atomic E-state index is 0.618. The number of fused-ring (bicyclic) bond motifs is 1. The Morgan fingerprint density at radius 2 is 1.59 bits per heavy atom. The molecular weight excluding hydrogens is 278 g/mol. The van der Waals surface area contributed by atoms with Gasteiger partial charge in [0.2, 0.25) is 5.75 Å². The maximum atomic E-state index is 5.41. The Labute approximate surface area is 129 Å². The topological polar surface area (TPSA) is 43.5 Å². The van der Waals surface area contributed by atoms with Crippen LogP contribution >= 0.6 is 0 Å². The van der Waals surface area contributed by atoms with Gasteiger partial charge in [-0.05, 0) is 35.7 Å². The van der Waals surface area contributed by atoms with Crippen LogP contribution in [0.5, 0.6) is 17.2 Å². The lowest BCUT2D eigenvalue weighted by Crippen LogP contribution is -1.97. The van der Waals surface area contributed by atoms with Crippen LogP contribution in [-0.4, -0.2) is 26.3 Å². The summed E-state index contributed by atoms with van der Waals surface area (Å²) in [4.78, 5) is 3.30. The largest absolute Gasteiger partial charge is 0.493 e. The Balaban J connectivity index is 2.01. The van der Waals surface area contributed by atoms with Gasteiger partial charge in [0.15, 0.2) is 11.5 Å². The van der Waals surface area contributed by atoms with Crippen molar-refractivity contribution >= 4 is 10.9 Å². The summed E-state index contributed by atoms with van der Waals surface area (Å²) in [6.45, 7) is 0. The van der Waals surface area contributed by atoms with Crippen molar-refractivity contribution in [3.63, 3.8) is 0 Å². The molecule has 0 aliphatic heterocycles. The maximum Gasteiger partial charge on any atom is 0.203 e. The summed E-state index contributed by atoms with van der Waals surface area (Å²) in [5.41, 5.74) is 3.49. The predicted octanol–water partition coefficient (Wildman–Crippen LogP) is 3.78. The molecule has 4 nitrogen and oxygen atoms in total. The van der Waals surface area contributed by atoms with Gasteiger partial charge >= 0.3 is 0 Å². The molecule has 3 aromatic rings. The highest BCUT2D eigenvalue weighted by Gasteiger charge is 2.14. The van der Waals surface area contributed by atoms with Gasteiger partial charge in [0.25, 0.3) is 0 Å². The lowest BCUT2D eigenvalue weighted by Gasteiger charge is -2.14. The SMILES string of the molecule is COc1cc(Cc2c[nH]c3ccccc23)cc(OC)c1OC. The molecular formula is C18H19NO3. The van der Waals surface area contributed by atoms with Gasteiger partial charge in [0.05, 0.1) is 21.3 Å². The Morgan fingerprint density at radius 3 is 2.23 bits per heavy atom. The molecule has 1 N–H and O–H groups in total. The standard InChI is InChI=1S/C18H19NO3/c1-20-16-9-12(10-17(21-2)18(16)22-3)8-13-11-19-15-7-5-4-6-14(13)15/h4-7,9-11,19H,8H2,1-3H3. The lowest BCUT2D eigenvalue weighted by atomic mass is 10.0. The van der Waals surface area contributed by atoms with E-state index in [1.54, 1.807) is 21.3 Å². The summed E-state index contributed by atoms with van der Waals surface area (Å²) >= 11 is 0. The second-order valence-electron chi connectivity index (χ2n) is 5.07. The van der Waals surface area contributed by atoms with E-state index in [1.807, 2.05) is 24.4 Å². The number of hydrogen-bond donors (Lipinski definition) is 1. The average Bonchev–Trinajstić information content (AvgIpc) is 2.97. The van der Waals surface area contributed by atoms with Crippen molar-refractivity contribution in [1.82, 2.24) is 4.98 Å². The molecule has 1 heterocycles. The summed E-state index contributed by atoms with van der Waals surface area (Å²) < 4.78 is 16.2. The van der Waals surface area contributed by atoms with Crippen LogP contribution in [0.15, 0.2) is 42.6 Å². The number of rotatable bonds is 5. The minimum atomic E-state index is 0.618. The third-order valence-electron chi connectivity index (χ3n) is 3.79. The van der Waals surface area contributed by atoms with Crippen LogP contribution in [0, 0.1) is 0 Å². The number of benzene rings is 2. The van der Waals surface area contributed by atoms with E-state index in [0.717, 1.165) is 17.5 Å². The molecule has 0 unspecified atom stereocenters. The number of nitrogens with one attached hydrogen (secondary N) is 1. The van der Waals surface area contributed by atoms with E-state index in [-0.39, 0.29) is 0 Å². The molecule has 0 fully saturated rings. The van der Waals surface area contributed by atoms with Crippen molar-refractivity contribution < 1.29 is 14.2 Å². The van der Waals surface area contributed by atoms with Gasteiger partial charge in [0.1, 0.15) is 0 Å². The van der Waals surface area contributed by atoms with Gasteiger partial charge in [-0.25, -0.2) is 0 Å². The van der Waals surface area contributed by atoms with E-state index in [4.69, 9.17) is 14.2 Å². The Kier molecular flexibility index (Phi) is 3.92. The van der Waals surface area contributed by atoms with E-state index in [2.05, 4.69) is 23.2 Å². The zero-order valence-electron chi connectivity index (χ0n) is 13.0. The fourth-order valence-corrected chi connectivity index (χ4v) is 2.74. The van der Waals surface area contributed by atoms with E-state index < -0.39 is 0 Å². The normalized spacial score (nSPS) is 10.7. The third kappa shape index (κ3) is 2.48. The van der Waals surface area contributed by atoms with E-state index >= 15 is 0 Å². The molecule has 1 aromatic heterocycles. The van der Waals surface area contributed by atoms with Gasteiger partial charge in [-0.15, -0.1) is 0 Å². The number of H-pyrrole nitrogens is 1. The van der Waals surface area contributed by atoms with Crippen LogP contribution < -0.4 is 14.2 Å². The summed E-state index contributed by atoms with van der Waals surface area (Å²) in [6, 6.07) is 12.3. The second kappa shape index (κ2) is 6.02. The summed E-state index contributed by atoms with van der Waals surface area (Å²) in [7, 11) is 4.87. The number of hydrogen-bond acceptors (Lipinski definition) is 3. The molecule has 0 spiro atoms. The molecule has 0 saturated heterocycles. The monoisotopic (exact) mass is 297 g/mol. The molecule has 3 rings (SSSR count). The molecule has 0 aliphatic rings. The zero-order valence-corrected chi connectivity index (χ0v) is 13.0. The number of ether oxygens (including phenoxy) is 3. The quantitative estimate of drug-likeness (QED) is 0.779. The van der Waals surface area contributed by atoms with Gasteiger partial charge in [-0.3, -0.25) is 0 Å². The first-order valence-corrected chi connectivity index (χ1v) is 7.10. The van der Waals surface area contributed by atoms with Crippen LogP contribution in [0.2, 0.25) is 0 Å². The first-order chi connectivity index (χ1) is 10.8. The van der Waals surface area contributed by atoms with E-state index in [0.29, 0.717) is 17.2 Å². The first kappa shape index (κ1) is 14.3. The Bertz CT molecular complexity index is 767. The van der Waals surface area contributed by atoms with E-state index in [9.17, 15) is 0 Å². The van der Waals surface area contributed by atoms with Gasteiger partial charge in [-0.2, -0.15) is 0 Å². The van der Waals surface area contributed by atoms with Crippen molar-refractivity contribution in [3.05, 3.63) is 53.7 Å². The Morgan fingerprint density at radius 1 is 0.909 bits per heavy atom. The van der Waals surface area contributed by atoms with Crippen molar-refractivity contribution in [2.24, 2.45) is 0 Å². The first-order valence-electron chi connectivity index (χ1n) is 7.10. The van der Waals surface area contributed by atoms with Crippen LogP contribution in [0.3, 0.4) is 0 Å². The van der Waals surface area contributed by atoms with E-state index in [1.165, 1.54) is 10.9 Å². The Hall–Kier alpha value is -2.62. The third-order valence-corrected chi connectivity index (χ3v) is 3.79. The van der Waals surface area contributed by atoms with Crippen molar-refractivity contribution in [2.75, 3.05) is 21.3 Å². The molecule has 2 aromatic carbocycles. The fraction of sp³-hybridized carbons (Fsp3) is 0.222. The lowest BCUT2D eigenvalue weighted by molar-refractivity contribution is 0.324. The number of aromatic nitrogens is 1. The van der Waals surface area contributed by atoms with Crippen molar-refractivity contribution in [1.29, 1.82) is 0 Å². The van der Waals surface area contributed by atoms with Crippen LogP contribution in [0.25, 0.3) is 10.9 Å². The van der Waals surface area contributed by atoms with Gasteiger partial charge in [0, 0.05) is 17.1 Å². The summed E-state index contributed by atoms with van der Waals surface area (Å²) in [5, 5.41) is 1.23. The molecule has 0 atom stereocenters. The molecule has 0 saturated carbocycles. The van der Waals surface area contributed by atoms with Crippen molar-refractivity contribution in [2.45, 2.75) is 6.42 Å². The highest BCUT2D eigenvalue weighted by atomic mass is 16.5. The highest BCUT2D eigenvalue weighted by Crippen LogP contribution is 2.39. The van der Waals surface area contributed by atoms with Crippen LogP contribution in [0.1, 0.15) is 11.1 Å². The molecule has 0 radical (unpaired) electrons. The number of aromatic amines is 1. The fourth-order valence-electron chi connectivity index (χ4n) is 2.74. The predicted molar refractivity (Wildman–Crippen MR) is 87.2 cm³/mol. The number of methoxy groups -OCH3 is 3. The molecule has 22 heavy (non-hydrogen) atoms. The van der Waals surface area contributed by atoms with Crippen molar-refractivity contribution in [3.8, 4) is 17.2 Å². The summed E-state index contributed by atoms with van der Waals surface area (Å²) in [6.07, 6.45) is 2.84. The molecule has 0 amide bonds. The minimum Gasteiger partial charge on any atom is -0.493 e. The molecule has 114 valence electrons. The average molecular weight is 297 g/mol. The number of para-hydroxylation sites is 1. The molecule has 0 bridgehead atoms. The second-order valence-corrected chi connectivity index (χ2v) is 5.07. The van der Waals surface area contributed by atoms with Gasteiger partial charge in [-0.1, -0.05) is 18.2 Å². The highest BCUT2D eigenvalue weighted by molar-refractivity contribution is 5.83. The smallest absolute Gasteiger partial charge is 0.203 e. The molecule has 4 heteroatoms. The summed E-state index contributed by atoms with van der Waals surface area (Å²) in [5.74, 6) is 1.97. The van der Waals surface area contributed by atoms with Gasteiger partial charge < -0.3 is 19.2 Å². The maximum absolute atomic E-state index is 5.41. The molecule has 0 aliphatic carbocycles.